The van der Waals surface area contributed by atoms with Gasteiger partial charge in [0.2, 0.25) is 0 Å². The normalized spacial score (nSPS) is 10.5. The average molecular weight is 220 g/mol. The van der Waals surface area contributed by atoms with Crippen molar-refractivity contribution < 1.29 is 14.3 Å². The molecule has 0 aliphatic heterocycles. The molecule has 0 amide bonds. The second-order valence-electron chi connectivity index (χ2n) is 3.51. The highest BCUT2D eigenvalue weighted by atomic mass is 16.4. The Morgan fingerprint density at radius 1 is 1.56 bits per heavy atom. The number of carboxylic acids is 1. The summed E-state index contributed by atoms with van der Waals surface area (Å²) in [6.07, 6.45) is 5.71. The molecule has 0 bridgehead atoms. The molecule has 5 heteroatoms. The van der Waals surface area contributed by atoms with Gasteiger partial charge >= 0.3 is 5.97 Å². The topological polar surface area (TPSA) is 68.3 Å². The van der Waals surface area contributed by atoms with Crippen molar-refractivity contribution in [3.8, 4) is 0 Å². The van der Waals surface area contributed by atoms with Crippen LogP contribution in [0.4, 0.5) is 0 Å². The van der Waals surface area contributed by atoms with E-state index in [1.165, 1.54) is 0 Å². The molecular weight excluding hydrogens is 208 g/mol. The molecule has 2 aromatic heterocycles. The molecule has 0 saturated heterocycles. The lowest BCUT2D eigenvalue weighted by atomic mass is 10.2. The van der Waals surface area contributed by atoms with Crippen molar-refractivity contribution in [2.45, 2.75) is 19.4 Å². The molecule has 0 spiro atoms. The molecule has 0 aromatic carbocycles. The lowest BCUT2D eigenvalue weighted by molar-refractivity contribution is -0.136. The molecule has 0 fully saturated rings. The fourth-order valence-corrected chi connectivity index (χ4v) is 1.44. The first-order valence-corrected chi connectivity index (χ1v) is 4.99. The molecule has 84 valence electrons. The molecule has 0 aliphatic carbocycles. The van der Waals surface area contributed by atoms with Crippen LogP contribution in [-0.4, -0.2) is 20.6 Å². The molecule has 0 radical (unpaired) electrons. The number of aliphatic carboxylic acids is 1. The third-order valence-electron chi connectivity index (χ3n) is 2.20. The Morgan fingerprint density at radius 2 is 2.44 bits per heavy atom. The monoisotopic (exact) mass is 220 g/mol. The summed E-state index contributed by atoms with van der Waals surface area (Å²) in [6.45, 7) is 0.618. The SMILES string of the molecule is O=C(O)CCc1cn(Cc2ccco2)cn1. The van der Waals surface area contributed by atoms with Gasteiger partial charge in [0.05, 0.1) is 31.2 Å². The van der Waals surface area contributed by atoms with Crippen molar-refractivity contribution >= 4 is 5.97 Å². The Balaban J connectivity index is 1.94. The van der Waals surface area contributed by atoms with Crippen molar-refractivity contribution in [2.24, 2.45) is 0 Å². The summed E-state index contributed by atoms with van der Waals surface area (Å²) in [6, 6.07) is 3.72. The third kappa shape index (κ3) is 2.73. The number of rotatable bonds is 5. The van der Waals surface area contributed by atoms with Gasteiger partial charge in [0.1, 0.15) is 5.76 Å². The van der Waals surface area contributed by atoms with E-state index in [1.807, 2.05) is 22.9 Å². The lowest BCUT2D eigenvalue weighted by Gasteiger charge is -1.96. The Hall–Kier alpha value is -2.04. The summed E-state index contributed by atoms with van der Waals surface area (Å²) in [5, 5.41) is 8.54. The minimum absolute atomic E-state index is 0.109. The van der Waals surface area contributed by atoms with E-state index < -0.39 is 5.97 Å². The summed E-state index contributed by atoms with van der Waals surface area (Å²) >= 11 is 0. The molecule has 2 aromatic rings. The van der Waals surface area contributed by atoms with Crippen LogP contribution in [0.5, 0.6) is 0 Å². The van der Waals surface area contributed by atoms with Crippen LogP contribution in [0, 0.1) is 0 Å². The van der Waals surface area contributed by atoms with Crippen molar-refractivity contribution in [1.82, 2.24) is 9.55 Å². The maximum Gasteiger partial charge on any atom is 0.303 e. The van der Waals surface area contributed by atoms with Gasteiger partial charge in [-0.15, -0.1) is 0 Å². The highest BCUT2D eigenvalue weighted by Crippen LogP contribution is 2.06. The number of aryl methyl sites for hydroxylation is 1. The van der Waals surface area contributed by atoms with Gasteiger partial charge in [-0.05, 0) is 12.1 Å². The van der Waals surface area contributed by atoms with Gasteiger partial charge in [0.25, 0.3) is 0 Å². The molecule has 0 atom stereocenters. The van der Waals surface area contributed by atoms with Crippen LogP contribution in [0.3, 0.4) is 0 Å². The first kappa shape index (κ1) is 10.5. The van der Waals surface area contributed by atoms with Crippen LogP contribution >= 0.6 is 0 Å². The molecule has 2 heterocycles. The van der Waals surface area contributed by atoms with E-state index in [2.05, 4.69) is 4.98 Å². The second kappa shape index (κ2) is 4.65. The average Bonchev–Trinajstić information content (AvgIpc) is 2.87. The highest BCUT2D eigenvalue weighted by molar-refractivity contribution is 5.66. The molecule has 16 heavy (non-hydrogen) atoms. The van der Waals surface area contributed by atoms with Crippen LogP contribution in [0.25, 0.3) is 0 Å². The Kier molecular flexibility index (Phi) is 3.05. The Bertz CT molecular complexity index is 459. The van der Waals surface area contributed by atoms with E-state index in [9.17, 15) is 4.79 Å². The lowest BCUT2D eigenvalue weighted by Crippen LogP contribution is -1.98. The summed E-state index contributed by atoms with van der Waals surface area (Å²) in [5.41, 5.74) is 0.786. The maximum absolute atomic E-state index is 10.4. The number of carbonyl (C=O) groups is 1. The van der Waals surface area contributed by atoms with E-state index >= 15 is 0 Å². The Labute approximate surface area is 92.3 Å². The molecule has 1 N–H and O–H groups in total. The number of imidazole rings is 1. The predicted molar refractivity (Wildman–Crippen MR) is 56.0 cm³/mol. The van der Waals surface area contributed by atoms with Crippen molar-refractivity contribution in [1.29, 1.82) is 0 Å². The van der Waals surface area contributed by atoms with Crippen LogP contribution in [-0.2, 0) is 17.8 Å². The van der Waals surface area contributed by atoms with Crippen molar-refractivity contribution in [3.63, 3.8) is 0 Å². The number of hydrogen-bond donors (Lipinski definition) is 1. The van der Waals surface area contributed by atoms with Gasteiger partial charge in [-0.25, -0.2) is 4.98 Å². The number of aromatic nitrogens is 2. The summed E-state index contributed by atoms with van der Waals surface area (Å²) in [4.78, 5) is 14.5. The van der Waals surface area contributed by atoms with Crippen LogP contribution in [0.2, 0.25) is 0 Å². The van der Waals surface area contributed by atoms with Gasteiger partial charge < -0.3 is 14.1 Å². The van der Waals surface area contributed by atoms with Crippen molar-refractivity contribution in [3.05, 3.63) is 42.4 Å². The number of nitrogens with zero attached hydrogens (tertiary/aromatic N) is 2. The predicted octanol–water partition coefficient (Wildman–Crippen LogP) is 1.54. The summed E-state index contributed by atoms with van der Waals surface area (Å²) in [5.74, 6) is 0.0442. The molecule has 2 rings (SSSR count). The summed E-state index contributed by atoms with van der Waals surface area (Å²) < 4.78 is 7.07. The zero-order valence-electron chi connectivity index (χ0n) is 8.67. The standard InChI is InChI=1S/C11H12N2O3/c14-11(15)4-3-9-6-13(8-12-9)7-10-2-1-5-16-10/h1-2,5-6,8H,3-4,7H2,(H,14,15). The van der Waals surface area contributed by atoms with E-state index in [4.69, 9.17) is 9.52 Å². The fraction of sp³-hybridized carbons (Fsp3) is 0.273. The van der Waals surface area contributed by atoms with Crippen LogP contribution < -0.4 is 0 Å². The number of furan rings is 1. The van der Waals surface area contributed by atoms with E-state index in [0.717, 1.165) is 11.5 Å². The van der Waals surface area contributed by atoms with Gasteiger partial charge in [-0.3, -0.25) is 4.79 Å². The fourth-order valence-electron chi connectivity index (χ4n) is 1.44. The maximum atomic E-state index is 10.4. The summed E-state index contributed by atoms with van der Waals surface area (Å²) in [7, 11) is 0. The second-order valence-corrected chi connectivity index (χ2v) is 3.51. The number of hydrogen-bond acceptors (Lipinski definition) is 3. The smallest absolute Gasteiger partial charge is 0.303 e. The quantitative estimate of drug-likeness (QED) is 0.829. The van der Waals surface area contributed by atoms with Gasteiger partial charge in [0.15, 0.2) is 0 Å². The zero-order chi connectivity index (χ0) is 11.4. The highest BCUT2D eigenvalue weighted by Gasteiger charge is 2.03. The van der Waals surface area contributed by atoms with Crippen molar-refractivity contribution in [2.75, 3.05) is 0 Å². The minimum Gasteiger partial charge on any atom is -0.481 e. The van der Waals surface area contributed by atoms with E-state index in [0.29, 0.717) is 13.0 Å². The Morgan fingerprint density at radius 3 is 3.12 bits per heavy atom. The van der Waals surface area contributed by atoms with E-state index in [-0.39, 0.29) is 6.42 Å². The molecule has 0 unspecified atom stereocenters. The first-order chi connectivity index (χ1) is 7.74. The molecule has 5 nitrogen and oxygen atoms in total. The van der Waals surface area contributed by atoms with Crippen LogP contribution in [0.15, 0.2) is 35.3 Å². The van der Waals surface area contributed by atoms with E-state index in [1.54, 1.807) is 12.6 Å². The largest absolute Gasteiger partial charge is 0.481 e. The van der Waals surface area contributed by atoms with Crippen LogP contribution in [0.1, 0.15) is 17.9 Å². The molecule has 0 aliphatic rings. The van der Waals surface area contributed by atoms with Gasteiger partial charge in [-0.2, -0.15) is 0 Å². The molecular formula is C11H12N2O3. The van der Waals surface area contributed by atoms with Gasteiger partial charge in [-0.1, -0.05) is 0 Å². The number of carboxylic acid groups (broad SMARTS) is 1. The molecule has 0 saturated carbocycles. The third-order valence-corrected chi connectivity index (χ3v) is 2.20. The first-order valence-electron chi connectivity index (χ1n) is 4.99. The minimum atomic E-state index is -0.805. The van der Waals surface area contributed by atoms with Gasteiger partial charge in [0, 0.05) is 12.6 Å². The zero-order valence-corrected chi connectivity index (χ0v) is 8.67.